The van der Waals surface area contributed by atoms with E-state index in [0.29, 0.717) is 18.7 Å². The molecule has 0 saturated carbocycles. The summed E-state index contributed by atoms with van der Waals surface area (Å²) in [6, 6.07) is 17.0. The molecule has 3 N–H and O–H groups in total. The van der Waals surface area contributed by atoms with Gasteiger partial charge in [-0.25, -0.2) is 4.79 Å². The minimum Gasteiger partial charge on any atom is -0.465 e. The van der Waals surface area contributed by atoms with Gasteiger partial charge in [0.05, 0.1) is 5.54 Å². The Balaban J connectivity index is 1.61. The predicted octanol–water partition coefficient (Wildman–Crippen LogP) is 3.30. The van der Waals surface area contributed by atoms with Crippen molar-refractivity contribution in [2.45, 2.75) is 11.0 Å². The Hall–Kier alpha value is -2.03. The number of carboxylic acid groups (broad SMARTS) is 1. The van der Waals surface area contributed by atoms with Gasteiger partial charge in [0.1, 0.15) is 5.50 Å². The Morgan fingerprint density at radius 1 is 1.21 bits per heavy atom. The van der Waals surface area contributed by atoms with Crippen LogP contribution in [0.2, 0.25) is 0 Å². The van der Waals surface area contributed by atoms with Crippen LogP contribution in [0.4, 0.5) is 4.79 Å². The van der Waals surface area contributed by atoms with Crippen LogP contribution in [0.1, 0.15) is 15.9 Å². The molecule has 2 aromatic carbocycles. The second-order valence-corrected chi connectivity index (χ2v) is 9.09. The monoisotopic (exact) mass is 461 g/mol. The van der Waals surface area contributed by atoms with E-state index < -0.39 is 11.6 Å². The standard InChI is InChI=1S/C20H20BrN3O3S/c21-16-8-4-7-14(9-16)20-12-24(19(26)27)10-15(20)11-28-18(23-20)22-17(25)13-5-2-1-3-6-13/h1-9,15,18,23H,10-12H2,(H,22,25)(H,26,27)/t15-,18?,20+/m0/s1. The normalized spacial score (nSPS) is 26.5. The molecular weight excluding hydrogens is 442 g/mol. The van der Waals surface area contributed by atoms with Gasteiger partial charge in [0.2, 0.25) is 0 Å². The fourth-order valence-electron chi connectivity index (χ4n) is 3.95. The summed E-state index contributed by atoms with van der Waals surface area (Å²) in [6.07, 6.45) is -0.916. The average Bonchev–Trinajstić information content (AvgIpc) is 3.09. The number of rotatable bonds is 3. The van der Waals surface area contributed by atoms with Gasteiger partial charge in [-0.1, -0.05) is 46.3 Å². The Morgan fingerprint density at radius 2 is 2.00 bits per heavy atom. The first-order valence-corrected chi connectivity index (χ1v) is 10.8. The molecule has 2 saturated heterocycles. The number of likely N-dealkylation sites (tertiary alicyclic amines) is 1. The van der Waals surface area contributed by atoms with Gasteiger partial charge in [0, 0.05) is 34.8 Å². The number of nitrogens with zero attached hydrogens (tertiary/aromatic N) is 1. The minimum absolute atomic E-state index is 0.118. The summed E-state index contributed by atoms with van der Waals surface area (Å²) in [5, 5.41) is 16.1. The molecule has 0 bridgehead atoms. The second-order valence-electron chi connectivity index (χ2n) is 7.04. The fraction of sp³-hybridized carbons (Fsp3) is 0.300. The van der Waals surface area contributed by atoms with E-state index in [1.54, 1.807) is 23.9 Å². The molecule has 2 aliphatic rings. The summed E-state index contributed by atoms with van der Waals surface area (Å²) in [5.41, 5.74) is 0.774. The zero-order chi connectivity index (χ0) is 19.7. The maximum atomic E-state index is 12.6. The highest BCUT2D eigenvalue weighted by atomic mass is 79.9. The smallest absolute Gasteiger partial charge is 0.407 e. The predicted molar refractivity (Wildman–Crippen MR) is 112 cm³/mol. The highest BCUT2D eigenvalue weighted by molar-refractivity contribution is 9.10. The van der Waals surface area contributed by atoms with Crippen molar-refractivity contribution in [1.82, 2.24) is 15.5 Å². The molecule has 28 heavy (non-hydrogen) atoms. The molecule has 2 aliphatic heterocycles. The van der Waals surface area contributed by atoms with E-state index in [-0.39, 0.29) is 17.3 Å². The third-order valence-electron chi connectivity index (χ3n) is 5.34. The van der Waals surface area contributed by atoms with Crippen LogP contribution in [-0.4, -0.2) is 46.3 Å². The van der Waals surface area contributed by atoms with Crippen molar-refractivity contribution in [3.8, 4) is 0 Å². The van der Waals surface area contributed by atoms with Gasteiger partial charge in [-0.3, -0.25) is 10.1 Å². The molecule has 6 nitrogen and oxygen atoms in total. The van der Waals surface area contributed by atoms with Crippen molar-refractivity contribution in [1.29, 1.82) is 0 Å². The molecule has 1 unspecified atom stereocenters. The van der Waals surface area contributed by atoms with Crippen molar-refractivity contribution < 1.29 is 14.7 Å². The van der Waals surface area contributed by atoms with Crippen LogP contribution < -0.4 is 10.6 Å². The van der Waals surface area contributed by atoms with E-state index in [1.165, 1.54) is 4.90 Å². The topological polar surface area (TPSA) is 81.7 Å². The third kappa shape index (κ3) is 3.64. The molecule has 3 atom stereocenters. The number of hydrogen-bond donors (Lipinski definition) is 3. The van der Waals surface area contributed by atoms with Crippen LogP contribution >= 0.6 is 27.7 Å². The molecule has 0 radical (unpaired) electrons. The highest BCUT2D eigenvalue weighted by Gasteiger charge is 2.52. The van der Waals surface area contributed by atoms with Crippen LogP contribution in [0, 0.1) is 5.92 Å². The number of amides is 2. The van der Waals surface area contributed by atoms with Crippen molar-refractivity contribution >= 4 is 39.7 Å². The summed E-state index contributed by atoms with van der Waals surface area (Å²) < 4.78 is 0.941. The summed E-state index contributed by atoms with van der Waals surface area (Å²) in [7, 11) is 0. The molecule has 8 heteroatoms. The largest absolute Gasteiger partial charge is 0.465 e. The first-order valence-electron chi connectivity index (χ1n) is 8.97. The molecule has 2 heterocycles. The van der Waals surface area contributed by atoms with Crippen LogP contribution in [0.25, 0.3) is 0 Å². The summed E-state index contributed by atoms with van der Waals surface area (Å²) in [6.45, 7) is 0.822. The Bertz CT molecular complexity index is 897. The summed E-state index contributed by atoms with van der Waals surface area (Å²) in [5.74, 6) is 0.720. The Labute approximate surface area is 175 Å². The molecule has 0 spiro atoms. The molecule has 146 valence electrons. The van der Waals surface area contributed by atoms with E-state index in [2.05, 4.69) is 26.6 Å². The lowest BCUT2D eigenvalue weighted by molar-refractivity contribution is 0.0931. The lowest BCUT2D eigenvalue weighted by Crippen LogP contribution is -2.61. The SMILES string of the molecule is O=C(NC1N[C@@]2(c3cccc(Br)c3)CN(C(=O)O)C[C@H]2CS1)c1ccccc1. The van der Waals surface area contributed by atoms with Crippen LogP contribution in [-0.2, 0) is 5.54 Å². The van der Waals surface area contributed by atoms with Crippen molar-refractivity contribution in [3.63, 3.8) is 0 Å². The summed E-state index contributed by atoms with van der Waals surface area (Å²) in [4.78, 5) is 25.7. The number of carbonyl (C=O) groups excluding carboxylic acids is 1. The number of nitrogens with one attached hydrogen (secondary N) is 2. The van der Waals surface area contributed by atoms with Crippen molar-refractivity contribution in [3.05, 3.63) is 70.2 Å². The lowest BCUT2D eigenvalue weighted by Gasteiger charge is -2.43. The molecule has 4 rings (SSSR count). The molecule has 0 aliphatic carbocycles. The van der Waals surface area contributed by atoms with Gasteiger partial charge in [-0.2, -0.15) is 0 Å². The number of fused-ring (bicyclic) bond motifs is 1. The van der Waals surface area contributed by atoms with Crippen LogP contribution in [0.5, 0.6) is 0 Å². The maximum absolute atomic E-state index is 12.6. The number of benzene rings is 2. The van der Waals surface area contributed by atoms with Gasteiger partial charge in [-0.15, -0.1) is 11.8 Å². The fourth-order valence-corrected chi connectivity index (χ4v) is 5.65. The highest BCUT2D eigenvalue weighted by Crippen LogP contribution is 2.43. The summed E-state index contributed by atoms with van der Waals surface area (Å²) >= 11 is 5.12. The third-order valence-corrected chi connectivity index (χ3v) is 7.00. The zero-order valence-corrected chi connectivity index (χ0v) is 17.4. The molecule has 2 aromatic rings. The van der Waals surface area contributed by atoms with Gasteiger partial charge in [0.15, 0.2) is 0 Å². The van der Waals surface area contributed by atoms with Gasteiger partial charge >= 0.3 is 6.09 Å². The van der Waals surface area contributed by atoms with Crippen molar-refractivity contribution in [2.24, 2.45) is 5.92 Å². The average molecular weight is 462 g/mol. The first-order chi connectivity index (χ1) is 13.5. The minimum atomic E-state index is -0.916. The van der Waals surface area contributed by atoms with E-state index in [0.717, 1.165) is 15.8 Å². The number of carbonyl (C=O) groups is 2. The quantitative estimate of drug-likeness (QED) is 0.652. The van der Waals surface area contributed by atoms with Gasteiger partial charge < -0.3 is 15.3 Å². The van der Waals surface area contributed by atoms with E-state index in [4.69, 9.17) is 0 Å². The number of hydrogen-bond acceptors (Lipinski definition) is 4. The van der Waals surface area contributed by atoms with Crippen molar-refractivity contribution in [2.75, 3.05) is 18.8 Å². The van der Waals surface area contributed by atoms with Gasteiger partial charge in [-0.05, 0) is 29.8 Å². The zero-order valence-electron chi connectivity index (χ0n) is 15.0. The lowest BCUT2D eigenvalue weighted by atomic mass is 9.81. The van der Waals surface area contributed by atoms with E-state index >= 15 is 0 Å². The molecule has 0 aromatic heterocycles. The number of thioether (sulfide) groups is 1. The van der Waals surface area contributed by atoms with Crippen LogP contribution in [0.15, 0.2) is 59.1 Å². The molecule has 2 fully saturated rings. The number of halogens is 1. The van der Waals surface area contributed by atoms with E-state index in [1.807, 2.05) is 42.5 Å². The van der Waals surface area contributed by atoms with Crippen LogP contribution in [0.3, 0.4) is 0 Å². The molecular formula is C20H20BrN3O3S. The molecule has 2 amide bonds. The van der Waals surface area contributed by atoms with E-state index in [9.17, 15) is 14.7 Å². The maximum Gasteiger partial charge on any atom is 0.407 e. The van der Waals surface area contributed by atoms with Gasteiger partial charge in [0.25, 0.3) is 5.91 Å². The Kier molecular flexibility index (Phi) is 5.35. The Morgan fingerprint density at radius 3 is 2.71 bits per heavy atom. The first kappa shape index (κ1) is 19.3. The second kappa shape index (κ2) is 7.77.